The first-order valence-corrected chi connectivity index (χ1v) is 7.54. The Labute approximate surface area is 127 Å². The third-order valence-electron chi connectivity index (χ3n) is 3.60. The monoisotopic (exact) mass is 310 g/mol. The lowest BCUT2D eigenvalue weighted by Crippen LogP contribution is -2.28. The molecule has 6 heteroatoms. The van der Waals surface area contributed by atoms with Crippen LogP contribution in [0.25, 0.3) is 0 Å². The summed E-state index contributed by atoms with van der Waals surface area (Å²) in [7, 11) is 0. The van der Waals surface area contributed by atoms with E-state index in [9.17, 15) is 0 Å². The average molecular weight is 311 g/mol. The summed E-state index contributed by atoms with van der Waals surface area (Å²) in [6, 6.07) is 5.64. The van der Waals surface area contributed by atoms with Crippen LogP contribution in [0.4, 0.5) is 0 Å². The molecule has 3 rings (SSSR count). The topological polar surface area (TPSA) is 53.6 Å². The van der Waals surface area contributed by atoms with E-state index in [4.69, 9.17) is 23.2 Å². The van der Waals surface area contributed by atoms with Crippen molar-refractivity contribution in [3.8, 4) is 0 Å². The van der Waals surface area contributed by atoms with Crippen molar-refractivity contribution >= 4 is 23.2 Å². The summed E-state index contributed by atoms with van der Waals surface area (Å²) in [4.78, 5) is 4.59. The number of rotatable bonds is 3. The van der Waals surface area contributed by atoms with Gasteiger partial charge in [-0.25, -0.2) is 4.98 Å². The second-order valence-corrected chi connectivity index (χ2v) is 5.86. The van der Waals surface area contributed by atoms with Gasteiger partial charge in [-0.2, -0.15) is 5.10 Å². The van der Waals surface area contributed by atoms with Crippen LogP contribution in [-0.2, 0) is 6.42 Å². The van der Waals surface area contributed by atoms with E-state index in [1.165, 1.54) is 6.42 Å². The molecule has 1 unspecified atom stereocenters. The van der Waals surface area contributed by atoms with E-state index in [1.807, 2.05) is 12.1 Å². The van der Waals surface area contributed by atoms with Crippen molar-refractivity contribution in [1.82, 2.24) is 20.5 Å². The normalized spacial score (nSPS) is 19.2. The van der Waals surface area contributed by atoms with Crippen molar-refractivity contribution in [1.29, 1.82) is 0 Å². The molecular weight excluding hydrogens is 295 g/mol. The first-order chi connectivity index (χ1) is 9.74. The highest BCUT2D eigenvalue weighted by Crippen LogP contribution is 2.27. The van der Waals surface area contributed by atoms with Crippen molar-refractivity contribution in [2.75, 3.05) is 13.1 Å². The molecule has 4 nitrogen and oxygen atoms in total. The number of aromatic amines is 1. The molecule has 0 aliphatic carbocycles. The number of halogens is 2. The molecule has 1 saturated heterocycles. The van der Waals surface area contributed by atoms with Crippen LogP contribution in [-0.4, -0.2) is 28.3 Å². The molecule has 2 aromatic rings. The lowest BCUT2D eigenvalue weighted by atomic mass is 9.99. The van der Waals surface area contributed by atoms with Gasteiger partial charge in [-0.3, -0.25) is 5.10 Å². The van der Waals surface area contributed by atoms with E-state index in [1.54, 1.807) is 6.07 Å². The highest BCUT2D eigenvalue weighted by Gasteiger charge is 2.19. The first kappa shape index (κ1) is 13.9. The number of benzene rings is 1. The van der Waals surface area contributed by atoms with Gasteiger partial charge in [-0.15, -0.1) is 0 Å². The fourth-order valence-electron chi connectivity index (χ4n) is 2.51. The van der Waals surface area contributed by atoms with Crippen LogP contribution in [0.15, 0.2) is 18.2 Å². The number of hydrogen-bond donors (Lipinski definition) is 2. The Kier molecular flexibility index (Phi) is 4.24. The zero-order chi connectivity index (χ0) is 13.9. The lowest BCUT2D eigenvalue weighted by Gasteiger charge is -2.19. The molecule has 0 radical (unpaired) electrons. The predicted octanol–water partition coefficient (Wildman–Crippen LogP) is 3.17. The van der Waals surface area contributed by atoms with Crippen LogP contribution in [0.1, 0.15) is 36.0 Å². The van der Waals surface area contributed by atoms with Gasteiger partial charge in [0.15, 0.2) is 5.82 Å². The minimum absolute atomic E-state index is 0.406. The largest absolute Gasteiger partial charge is 0.316 e. The van der Waals surface area contributed by atoms with Gasteiger partial charge in [0.2, 0.25) is 0 Å². The molecule has 0 saturated carbocycles. The van der Waals surface area contributed by atoms with Crippen LogP contribution in [0, 0.1) is 0 Å². The van der Waals surface area contributed by atoms with Crippen molar-refractivity contribution in [2.24, 2.45) is 0 Å². The minimum atomic E-state index is 0.406. The number of piperidine rings is 1. The molecule has 1 fully saturated rings. The molecule has 0 spiro atoms. The van der Waals surface area contributed by atoms with Crippen LogP contribution >= 0.6 is 23.2 Å². The van der Waals surface area contributed by atoms with E-state index in [0.29, 0.717) is 22.4 Å². The van der Waals surface area contributed by atoms with Gasteiger partial charge in [0.1, 0.15) is 5.82 Å². The van der Waals surface area contributed by atoms with E-state index in [2.05, 4.69) is 20.5 Å². The molecule has 2 heterocycles. The smallest absolute Gasteiger partial charge is 0.155 e. The minimum Gasteiger partial charge on any atom is -0.316 e. The van der Waals surface area contributed by atoms with Crippen molar-refractivity contribution in [3.63, 3.8) is 0 Å². The average Bonchev–Trinajstić information content (AvgIpc) is 2.93. The summed E-state index contributed by atoms with van der Waals surface area (Å²) in [6.45, 7) is 2.04. The Balaban J connectivity index is 1.75. The Morgan fingerprint density at radius 2 is 2.20 bits per heavy atom. The van der Waals surface area contributed by atoms with Crippen LogP contribution < -0.4 is 5.32 Å². The fraction of sp³-hybridized carbons (Fsp3) is 0.429. The van der Waals surface area contributed by atoms with E-state index < -0.39 is 0 Å². The van der Waals surface area contributed by atoms with E-state index >= 15 is 0 Å². The molecule has 1 aliphatic rings. The van der Waals surface area contributed by atoms with Gasteiger partial charge in [-0.05, 0) is 31.0 Å². The zero-order valence-electron chi connectivity index (χ0n) is 11.0. The highest BCUT2D eigenvalue weighted by atomic mass is 35.5. The molecule has 0 amide bonds. The van der Waals surface area contributed by atoms with Crippen molar-refractivity contribution < 1.29 is 0 Å². The van der Waals surface area contributed by atoms with Gasteiger partial charge >= 0.3 is 0 Å². The lowest BCUT2D eigenvalue weighted by molar-refractivity contribution is 0.447. The van der Waals surface area contributed by atoms with E-state index in [-0.39, 0.29) is 0 Å². The molecule has 1 aliphatic heterocycles. The van der Waals surface area contributed by atoms with Gasteiger partial charge in [-0.1, -0.05) is 35.3 Å². The van der Waals surface area contributed by atoms with Gasteiger partial charge in [0, 0.05) is 18.9 Å². The number of hydrogen-bond acceptors (Lipinski definition) is 3. The highest BCUT2D eigenvalue weighted by molar-refractivity contribution is 6.42. The van der Waals surface area contributed by atoms with Crippen LogP contribution in [0.3, 0.4) is 0 Å². The number of H-pyrrole nitrogens is 1. The maximum atomic E-state index is 6.19. The zero-order valence-corrected chi connectivity index (χ0v) is 12.5. The van der Waals surface area contributed by atoms with Gasteiger partial charge in [0.25, 0.3) is 0 Å². The summed E-state index contributed by atoms with van der Waals surface area (Å²) in [6.07, 6.45) is 2.93. The quantitative estimate of drug-likeness (QED) is 0.915. The van der Waals surface area contributed by atoms with Crippen LogP contribution in [0.2, 0.25) is 10.0 Å². The Hall–Kier alpha value is -1.10. The summed E-state index contributed by atoms with van der Waals surface area (Å²) in [5.41, 5.74) is 0.962. The Bertz CT molecular complexity index is 591. The second kappa shape index (κ2) is 6.12. The van der Waals surface area contributed by atoms with Crippen LogP contribution in [0.5, 0.6) is 0 Å². The Morgan fingerprint density at radius 3 is 3.00 bits per heavy atom. The molecule has 0 bridgehead atoms. The number of nitrogens with zero attached hydrogens (tertiary/aromatic N) is 2. The summed E-state index contributed by atoms with van der Waals surface area (Å²) in [5.74, 6) is 2.13. The van der Waals surface area contributed by atoms with Crippen molar-refractivity contribution in [2.45, 2.75) is 25.2 Å². The summed E-state index contributed by atoms with van der Waals surface area (Å²) >= 11 is 12.2. The fourth-order valence-corrected chi connectivity index (χ4v) is 2.90. The van der Waals surface area contributed by atoms with Gasteiger partial charge in [0.05, 0.1) is 10.0 Å². The standard InChI is InChI=1S/C14H16Cl2N4/c15-11-5-1-3-9(13(11)16)7-12-18-14(20-19-12)10-4-2-6-17-8-10/h1,3,5,10,17H,2,4,6-8H2,(H,18,19,20). The van der Waals surface area contributed by atoms with Gasteiger partial charge < -0.3 is 5.32 Å². The number of aromatic nitrogens is 3. The molecule has 1 aromatic carbocycles. The molecule has 2 N–H and O–H groups in total. The Morgan fingerprint density at radius 1 is 1.30 bits per heavy atom. The third kappa shape index (κ3) is 2.97. The SMILES string of the molecule is Clc1cccc(Cc2nc(C3CCCNC3)n[nH]2)c1Cl. The molecule has 1 atom stereocenters. The summed E-state index contributed by atoms with van der Waals surface area (Å²) < 4.78 is 0. The second-order valence-electron chi connectivity index (χ2n) is 5.07. The molecular formula is C14H16Cl2N4. The first-order valence-electron chi connectivity index (χ1n) is 6.79. The van der Waals surface area contributed by atoms with Crippen molar-refractivity contribution in [3.05, 3.63) is 45.5 Å². The molecule has 1 aromatic heterocycles. The molecule has 20 heavy (non-hydrogen) atoms. The third-order valence-corrected chi connectivity index (χ3v) is 4.46. The summed E-state index contributed by atoms with van der Waals surface area (Å²) in [5, 5.41) is 11.9. The maximum absolute atomic E-state index is 6.19. The maximum Gasteiger partial charge on any atom is 0.155 e. The van der Waals surface area contributed by atoms with E-state index in [0.717, 1.165) is 36.7 Å². The predicted molar refractivity (Wildman–Crippen MR) is 80.5 cm³/mol. The number of nitrogens with one attached hydrogen (secondary N) is 2. The molecule has 106 valence electrons.